The minimum atomic E-state index is -0.0391. The Kier molecular flexibility index (Phi) is 6.27. The van der Waals surface area contributed by atoms with Gasteiger partial charge in [-0.2, -0.15) is 0 Å². The molecule has 0 saturated carbocycles. The van der Waals surface area contributed by atoms with Crippen molar-refractivity contribution in [2.75, 3.05) is 13.2 Å². The van der Waals surface area contributed by atoms with Gasteiger partial charge < -0.3 is 9.64 Å². The molecule has 19 heavy (non-hydrogen) atoms. The first kappa shape index (κ1) is 16.4. The van der Waals surface area contributed by atoms with Crippen molar-refractivity contribution in [3.05, 3.63) is 0 Å². The Morgan fingerprint density at radius 1 is 1.21 bits per heavy atom. The van der Waals surface area contributed by atoms with E-state index in [-0.39, 0.29) is 24.2 Å². The van der Waals surface area contributed by atoms with Crippen LogP contribution in [0, 0.1) is 11.8 Å². The lowest BCUT2D eigenvalue weighted by atomic mass is 10.0. The summed E-state index contributed by atoms with van der Waals surface area (Å²) in [6.07, 6.45) is 1.38. The Bertz CT molecular complexity index is 290. The standard InChI is InChI=1S/C15H30N2O2/c1-10(2)9-13-16-14(11(3)4)15(18)17(13)7-8-19-12(5)6/h10-14,16H,7-9H2,1-6H3. The van der Waals surface area contributed by atoms with Gasteiger partial charge in [-0.05, 0) is 32.1 Å². The quantitative estimate of drug-likeness (QED) is 0.771. The molecule has 0 spiro atoms. The molecule has 2 unspecified atom stereocenters. The van der Waals surface area contributed by atoms with Crippen molar-refractivity contribution in [3.63, 3.8) is 0 Å². The maximum Gasteiger partial charge on any atom is 0.241 e. The molecule has 1 fully saturated rings. The van der Waals surface area contributed by atoms with Crippen molar-refractivity contribution in [3.8, 4) is 0 Å². The van der Waals surface area contributed by atoms with Crippen LogP contribution in [0.1, 0.15) is 48.0 Å². The van der Waals surface area contributed by atoms with E-state index in [4.69, 9.17) is 4.74 Å². The Balaban J connectivity index is 2.63. The monoisotopic (exact) mass is 270 g/mol. The van der Waals surface area contributed by atoms with Gasteiger partial charge in [0.15, 0.2) is 0 Å². The first-order valence-corrected chi connectivity index (χ1v) is 7.51. The zero-order chi connectivity index (χ0) is 14.6. The summed E-state index contributed by atoms with van der Waals surface area (Å²) < 4.78 is 5.58. The van der Waals surface area contributed by atoms with Crippen molar-refractivity contribution in [2.24, 2.45) is 11.8 Å². The maximum atomic E-state index is 12.4. The summed E-state index contributed by atoms with van der Waals surface area (Å²) in [5.74, 6) is 1.14. The van der Waals surface area contributed by atoms with Crippen LogP contribution in [0.4, 0.5) is 0 Å². The highest BCUT2D eigenvalue weighted by atomic mass is 16.5. The fraction of sp³-hybridized carbons (Fsp3) is 0.933. The van der Waals surface area contributed by atoms with Crippen molar-refractivity contribution < 1.29 is 9.53 Å². The third-order valence-electron chi connectivity index (χ3n) is 3.44. The van der Waals surface area contributed by atoms with Crippen LogP contribution in [0.5, 0.6) is 0 Å². The number of nitrogens with zero attached hydrogens (tertiary/aromatic N) is 1. The van der Waals surface area contributed by atoms with Crippen LogP contribution in [0.2, 0.25) is 0 Å². The van der Waals surface area contributed by atoms with E-state index in [1.165, 1.54) is 0 Å². The highest BCUT2D eigenvalue weighted by molar-refractivity contribution is 5.84. The van der Waals surface area contributed by atoms with Crippen LogP contribution in [0.25, 0.3) is 0 Å². The zero-order valence-electron chi connectivity index (χ0n) is 13.3. The van der Waals surface area contributed by atoms with E-state index < -0.39 is 0 Å². The number of carbonyl (C=O) groups is 1. The van der Waals surface area contributed by atoms with E-state index >= 15 is 0 Å². The Labute approximate surface area is 117 Å². The minimum Gasteiger partial charge on any atom is -0.377 e. The largest absolute Gasteiger partial charge is 0.377 e. The summed E-state index contributed by atoms with van der Waals surface area (Å²) in [7, 11) is 0. The maximum absolute atomic E-state index is 12.4. The average molecular weight is 270 g/mol. The van der Waals surface area contributed by atoms with Gasteiger partial charge in [0.25, 0.3) is 0 Å². The summed E-state index contributed by atoms with van der Waals surface area (Å²) >= 11 is 0. The highest BCUT2D eigenvalue weighted by Crippen LogP contribution is 2.21. The van der Waals surface area contributed by atoms with E-state index in [0.29, 0.717) is 25.0 Å². The number of carbonyl (C=O) groups excluding carboxylic acids is 1. The molecular formula is C15H30N2O2. The van der Waals surface area contributed by atoms with E-state index in [9.17, 15) is 4.79 Å². The molecule has 4 heteroatoms. The second-order valence-electron chi connectivity index (χ2n) is 6.48. The molecule has 1 aliphatic rings. The second-order valence-corrected chi connectivity index (χ2v) is 6.48. The smallest absolute Gasteiger partial charge is 0.241 e. The number of rotatable bonds is 7. The molecule has 1 heterocycles. The van der Waals surface area contributed by atoms with Crippen LogP contribution in [-0.2, 0) is 9.53 Å². The first-order valence-electron chi connectivity index (χ1n) is 7.51. The van der Waals surface area contributed by atoms with Crippen LogP contribution in [0.15, 0.2) is 0 Å². The molecule has 1 N–H and O–H groups in total. The number of hydrogen-bond donors (Lipinski definition) is 1. The predicted molar refractivity (Wildman–Crippen MR) is 77.8 cm³/mol. The molecule has 4 nitrogen and oxygen atoms in total. The molecule has 1 amide bonds. The predicted octanol–water partition coefficient (Wildman–Crippen LogP) is 2.24. The Morgan fingerprint density at radius 2 is 1.84 bits per heavy atom. The van der Waals surface area contributed by atoms with Gasteiger partial charge in [-0.3, -0.25) is 10.1 Å². The molecule has 0 aromatic carbocycles. The van der Waals surface area contributed by atoms with Crippen molar-refractivity contribution >= 4 is 5.91 Å². The molecule has 1 saturated heterocycles. The van der Waals surface area contributed by atoms with Gasteiger partial charge in [0.05, 0.1) is 24.9 Å². The lowest BCUT2D eigenvalue weighted by Crippen LogP contribution is -2.40. The molecule has 1 aliphatic heterocycles. The third kappa shape index (κ3) is 4.77. The molecule has 0 aliphatic carbocycles. The molecule has 1 rings (SSSR count). The molecule has 0 aromatic heterocycles. The Morgan fingerprint density at radius 3 is 2.32 bits per heavy atom. The third-order valence-corrected chi connectivity index (χ3v) is 3.44. The number of amides is 1. The molecular weight excluding hydrogens is 240 g/mol. The topological polar surface area (TPSA) is 41.6 Å². The summed E-state index contributed by atoms with van der Waals surface area (Å²) in [4.78, 5) is 14.4. The SMILES string of the molecule is CC(C)CC1NC(C(C)C)C(=O)N1CCOC(C)C. The fourth-order valence-corrected chi connectivity index (χ4v) is 2.47. The van der Waals surface area contributed by atoms with Gasteiger partial charge in [0.1, 0.15) is 0 Å². The summed E-state index contributed by atoms with van der Waals surface area (Å²) in [5.41, 5.74) is 0. The molecule has 112 valence electrons. The lowest BCUT2D eigenvalue weighted by molar-refractivity contribution is -0.131. The fourth-order valence-electron chi connectivity index (χ4n) is 2.47. The Hall–Kier alpha value is -0.610. The lowest BCUT2D eigenvalue weighted by Gasteiger charge is -2.25. The number of nitrogens with one attached hydrogen (secondary N) is 1. The first-order chi connectivity index (χ1) is 8.82. The van der Waals surface area contributed by atoms with E-state index in [0.717, 1.165) is 6.42 Å². The van der Waals surface area contributed by atoms with E-state index in [2.05, 4.69) is 33.0 Å². The van der Waals surface area contributed by atoms with Gasteiger partial charge >= 0.3 is 0 Å². The van der Waals surface area contributed by atoms with Gasteiger partial charge in [0.2, 0.25) is 5.91 Å². The molecule has 2 atom stereocenters. The molecule has 0 bridgehead atoms. The van der Waals surface area contributed by atoms with Gasteiger partial charge in [-0.1, -0.05) is 27.7 Å². The minimum absolute atomic E-state index is 0.0391. The van der Waals surface area contributed by atoms with Gasteiger partial charge in [-0.15, -0.1) is 0 Å². The molecule has 0 radical (unpaired) electrons. The number of ether oxygens (including phenoxy) is 1. The van der Waals surface area contributed by atoms with E-state index in [1.807, 2.05) is 18.7 Å². The van der Waals surface area contributed by atoms with Crippen LogP contribution >= 0.6 is 0 Å². The summed E-state index contributed by atoms with van der Waals surface area (Å²) in [5, 5.41) is 3.48. The highest BCUT2D eigenvalue weighted by Gasteiger charge is 2.39. The molecule has 0 aromatic rings. The second kappa shape index (κ2) is 7.25. The normalized spacial score (nSPS) is 24.3. The van der Waals surface area contributed by atoms with Gasteiger partial charge in [0, 0.05) is 6.54 Å². The van der Waals surface area contributed by atoms with Crippen molar-refractivity contribution in [1.82, 2.24) is 10.2 Å². The summed E-state index contributed by atoms with van der Waals surface area (Å²) in [6, 6.07) is -0.0391. The van der Waals surface area contributed by atoms with Crippen LogP contribution < -0.4 is 5.32 Å². The summed E-state index contributed by atoms with van der Waals surface area (Å²) in [6.45, 7) is 13.9. The zero-order valence-corrected chi connectivity index (χ0v) is 13.3. The van der Waals surface area contributed by atoms with Crippen LogP contribution in [0.3, 0.4) is 0 Å². The van der Waals surface area contributed by atoms with E-state index in [1.54, 1.807) is 0 Å². The van der Waals surface area contributed by atoms with Crippen LogP contribution in [-0.4, -0.2) is 42.3 Å². The average Bonchev–Trinajstić information content (AvgIpc) is 2.56. The van der Waals surface area contributed by atoms with Gasteiger partial charge in [-0.25, -0.2) is 0 Å². The number of hydrogen-bond acceptors (Lipinski definition) is 3. The van der Waals surface area contributed by atoms with Crippen molar-refractivity contribution in [2.45, 2.75) is 66.3 Å². The van der Waals surface area contributed by atoms with Crippen molar-refractivity contribution in [1.29, 1.82) is 0 Å².